The number of piperidine rings is 1. The SMILES string of the molecule is O=C(NC(c1ccccc1)c1ccc2c(c1)COC2)C1CCC(C(F)(F)F)NC1=O. The first-order chi connectivity index (χ1) is 14.3. The minimum atomic E-state index is -4.52. The van der Waals surface area contributed by atoms with Crippen LogP contribution in [0.1, 0.15) is 41.1 Å². The van der Waals surface area contributed by atoms with Crippen LogP contribution in [0.3, 0.4) is 0 Å². The zero-order valence-corrected chi connectivity index (χ0v) is 16.0. The fourth-order valence-electron chi connectivity index (χ4n) is 3.92. The van der Waals surface area contributed by atoms with Crippen molar-refractivity contribution in [3.8, 4) is 0 Å². The summed E-state index contributed by atoms with van der Waals surface area (Å²) in [7, 11) is 0. The van der Waals surface area contributed by atoms with Crippen LogP contribution in [0, 0.1) is 5.92 Å². The molecule has 2 aromatic carbocycles. The molecular weight excluding hydrogens is 397 g/mol. The lowest BCUT2D eigenvalue weighted by atomic mass is 9.91. The van der Waals surface area contributed by atoms with E-state index in [9.17, 15) is 22.8 Å². The third-order valence-electron chi connectivity index (χ3n) is 5.59. The van der Waals surface area contributed by atoms with E-state index in [0.717, 1.165) is 22.3 Å². The number of fused-ring (bicyclic) bond motifs is 1. The minimum Gasteiger partial charge on any atom is -0.372 e. The van der Waals surface area contributed by atoms with Crippen molar-refractivity contribution in [2.75, 3.05) is 0 Å². The van der Waals surface area contributed by atoms with Crippen LogP contribution in [-0.4, -0.2) is 24.0 Å². The van der Waals surface area contributed by atoms with Gasteiger partial charge in [-0.15, -0.1) is 0 Å². The summed E-state index contributed by atoms with van der Waals surface area (Å²) < 4.78 is 44.1. The number of halogens is 3. The molecule has 2 heterocycles. The topological polar surface area (TPSA) is 67.4 Å². The van der Waals surface area contributed by atoms with Crippen molar-refractivity contribution in [3.05, 3.63) is 70.8 Å². The number of carbonyl (C=O) groups is 2. The van der Waals surface area contributed by atoms with Crippen LogP contribution in [0.5, 0.6) is 0 Å². The molecule has 5 nitrogen and oxygen atoms in total. The summed E-state index contributed by atoms with van der Waals surface area (Å²) in [5.41, 5.74) is 3.75. The van der Waals surface area contributed by atoms with E-state index in [1.54, 1.807) is 0 Å². The predicted octanol–water partition coefficient (Wildman–Crippen LogP) is 3.38. The molecule has 4 rings (SSSR count). The van der Waals surface area contributed by atoms with Gasteiger partial charge in [-0.2, -0.15) is 13.2 Å². The highest BCUT2D eigenvalue weighted by molar-refractivity contribution is 6.01. The summed E-state index contributed by atoms with van der Waals surface area (Å²) in [5.74, 6) is -2.64. The zero-order valence-electron chi connectivity index (χ0n) is 16.0. The molecule has 0 radical (unpaired) electrons. The van der Waals surface area contributed by atoms with Crippen molar-refractivity contribution in [1.29, 1.82) is 0 Å². The molecule has 2 amide bonds. The van der Waals surface area contributed by atoms with Crippen LogP contribution >= 0.6 is 0 Å². The molecule has 3 unspecified atom stereocenters. The fourth-order valence-corrected chi connectivity index (χ4v) is 3.92. The van der Waals surface area contributed by atoms with Crippen LogP contribution < -0.4 is 10.6 Å². The molecule has 2 aliphatic rings. The molecule has 1 saturated heterocycles. The molecule has 0 aliphatic carbocycles. The van der Waals surface area contributed by atoms with E-state index in [1.807, 2.05) is 53.8 Å². The molecule has 0 spiro atoms. The van der Waals surface area contributed by atoms with Gasteiger partial charge in [0, 0.05) is 0 Å². The number of benzene rings is 2. The zero-order chi connectivity index (χ0) is 21.3. The van der Waals surface area contributed by atoms with Gasteiger partial charge in [-0.25, -0.2) is 0 Å². The van der Waals surface area contributed by atoms with Crippen molar-refractivity contribution in [2.45, 2.75) is 44.3 Å². The molecule has 1 fully saturated rings. The van der Waals surface area contributed by atoms with E-state index in [1.165, 1.54) is 0 Å². The number of hydrogen-bond acceptors (Lipinski definition) is 3. The van der Waals surface area contributed by atoms with E-state index in [4.69, 9.17) is 4.74 Å². The maximum absolute atomic E-state index is 12.9. The molecule has 158 valence electrons. The molecule has 8 heteroatoms. The van der Waals surface area contributed by atoms with Gasteiger partial charge in [0.25, 0.3) is 0 Å². The highest BCUT2D eigenvalue weighted by atomic mass is 19.4. The number of rotatable bonds is 4. The number of nitrogens with one attached hydrogen (secondary N) is 2. The van der Waals surface area contributed by atoms with Crippen molar-refractivity contribution >= 4 is 11.8 Å². The van der Waals surface area contributed by atoms with Crippen LogP contribution in [0.4, 0.5) is 13.2 Å². The Bertz CT molecular complexity index is 946. The largest absolute Gasteiger partial charge is 0.408 e. The van der Waals surface area contributed by atoms with Gasteiger partial charge in [-0.05, 0) is 35.1 Å². The van der Waals surface area contributed by atoms with E-state index in [-0.39, 0.29) is 12.8 Å². The van der Waals surface area contributed by atoms with Crippen molar-refractivity contribution in [2.24, 2.45) is 5.92 Å². The van der Waals surface area contributed by atoms with Crippen LogP contribution in [-0.2, 0) is 27.5 Å². The van der Waals surface area contributed by atoms with Gasteiger partial charge in [-0.3, -0.25) is 9.59 Å². The van der Waals surface area contributed by atoms with Gasteiger partial charge in [0.1, 0.15) is 12.0 Å². The average Bonchev–Trinajstić information content (AvgIpc) is 3.19. The van der Waals surface area contributed by atoms with Crippen molar-refractivity contribution < 1.29 is 27.5 Å². The highest BCUT2D eigenvalue weighted by Gasteiger charge is 2.46. The van der Waals surface area contributed by atoms with Crippen molar-refractivity contribution in [3.63, 3.8) is 0 Å². The van der Waals surface area contributed by atoms with Gasteiger partial charge in [0.2, 0.25) is 11.8 Å². The van der Waals surface area contributed by atoms with Gasteiger partial charge in [-0.1, -0.05) is 48.5 Å². The fraction of sp³-hybridized carbons (Fsp3) is 0.364. The molecule has 2 aliphatic heterocycles. The van der Waals surface area contributed by atoms with E-state index in [2.05, 4.69) is 5.32 Å². The maximum atomic E-state index is 12.9. The standard InChI is InChI=1S/C22H21F3N2O3/c23-22(24,25)18-9-8-17(20(28)26-18)21(29)27-19(13-4-2-1-3-5-13)14-6-7-15-11-30-12-16(15)10-14/h1-7,10,17-19H,8-9,11-12H2,(H,26,28)(H,27,29). The highest BCUT2D eigenvalue weighted by Crippen LogP contribution is 2.31. The second-order valence-corrected chi connectivity index (χ2v) is 7.61. The smallest absolute Gasteiger partial charge is 0.372 e. The van der Waals surface area contributed by atoms with Crippen LogP contribution in [0.15, 0.2) is 48.5 Å². The summed E-state index contributed by atoms with van der Waals surface area (Å²) in [6, 6.07) is 12.6. The Kier molecular flexibility index (Phi) is 5.51. The number of amides is 2. The summed E-state index contributed by atoms with van der Waals surface area (Å²) in [5, 5.41) is 4.81. The third kappa shape index (κ3) is 4.18. The van der Waals surface area contributed by atoms with E-state index in [0.29, 0.717) is 13.2 Å². The molecule has 0 aromatic heterocycles. The Hall–Kier alpha value is -2.87. The Morgan fingerprint density at radius 2 is 1.77 bits per heavy atom. The summed E-state index contributed by atoms with van der Waals surface area (Å²) in [4.78, 5) is 25.1. The Balaban J connectivity index is 1.55. The average molecular weight is 418 g/mol. The summed E-state index contributed by atoms with van der Waals surface area (Å²) >= 11 is 0. The lowest BCUT2D eigenvalue weighted by molar-refractivity contribution is -0.171. The van der Waals surface area contributed by atoms with Gasteiger partial charge < -0.3 is 15.4 Å². The molecule has 3 atom stereocenters. The normalized spacial score (nSPS) is 22.2. The molecule has 0 bridgehead atoms. The van der Waals surface area contributed by atoms with Crippen molar-refractivity contribution in [1.82, 2.24) is 10.6 Å². The molecule has 30 heavy (non-hydrogen) atoms. The number of ether oxygens (including phenoxy) is 1. The van der Waals surface area contributed by atoms with E-state index >= 15 is 0 Å². The molecule has 2 N–H and O–H groups in total. The maximum Gasteiger partial charge on any atom is 0.408 e. The lowest BCUT2D eigenvalue weighted by Gasteiger charge is -2.31. The molecule has 0 saturated carbocycles. The lowest BCUT2D eigenvalue weighted by Crippen LogP contribution is -2.54. The molecular formula is C22H21F3N2O3. The first-order valence-corrected chi connectivity index (χ1v) is 9.75. The number of alkyl halides is 3. The Labute approximate surface area is 171 Å². The summed E-state index contributed by atoms with van der Waals surface area (Å²) in [6.07, 6.45) is -4.99. The second-order valence-electron chi connectivity index (χ2n) is 7.61. The Morgan fingerprint density at radius 3 is 2.47 bits per heavy atom. The summed E-state index contributed by atoms with van der Waals surface area (Å²) in [6.45, 7) is 1.03. The second kappa shape index (κ2) is 8.10. The Morgan fingerprint density at radius 1 is 1.03 bits per heavy atom. The predicted molar refractivity (Wildman–Crippen MR) is 102 cm³/mol. The minimum absolute atomic E-state index is 0.151. The third-order valence-corrected chi connectivity index (χ3v) is 5.59. The first-order valence-electron chi connectivity index (χ1n) is 9.75. The monoisotopic (exact) mass is 418 g/mol. The number of carbonyl (C=O) groups excluding carboxylic acids is 2. The quantitative estimate of drug-likeness (QED) is 0.749. The van der Waals surface area contributed by atoms with Crippen LogP contribution in [0.25, 0.3) is 0 Å². The van der Waals surface area contributed by atoms with Crippen LogP contribution in [0.2, 0.25) is 0 Å². The molecule has 2 aromatic rings. The van der Waals surface area contributed by atoms with Gasteiger partial charge >= 0.3 is 6.18 Å². The van der Waals surface area contributed by atoms with Gasteiger partial charge in [0.15, 0.2) is 0 Å². The number of hydrogen-bond donors (Lipinski definition) is 2. The van der Waals surface area contributed by atoms with E-state index < -0.39 is 36.0 Å². The van der Waals surface area contributed by atoms with Gasteiger partial charge in [0.05, 0.1) is 19.3 Å². The first kappa shape index (κ1) is 20.4.